The van der Waals surface area contributed by atoms with E-state index in [-0.39, 0.29) is 18.8 Å². The number of Topliss-reactive ketones (excluding diaryl/α,β-unsaturated/α-hetero) is 1. The summed E-state index contributed by atoms with van der Waals surface area (Å²) in [4.78, 5) is 23.0. The second-order valence-corrected chi connectivity index (χ2v) is 7.34. The van der Waals surface area contributed by atoms with Crippen LogP contribution >= 0.6 is 0 Å². The first kappa shape index (κ1) is 21.5. The number of rotatable bonds is 8. The molecule has 32 heavy (non-hydrogen) atoms. The van der Waals surface area contributed by atoms with Crippen molar-refractivity contribution in [3.63, 3.8) is 0 Å². The number of aromatic amines is 1. The smallest absolute Gasteiger partial charge is 0.229 e. The minimum Gasteiger partial charge on any atom is -0.494 e. The summed E-state index contributed by atoms with van der Waals surface area (Å²) >= 11 is 0. The Kier molecular flexibility index (Phi) is 5.87. The van der Waals surface area contributed by atoms with Gasteiger partial charge < -0.3 is 29.8 Å². The Morgan fingerprint density at radius 1 is 1.19 bits per heavy atom. The van der Waals surface area contributed by atoms with Crippen LogP contribution in [0.1, 0.15) is 18.9 Å². The van der Waals surface area contributed by atoms with Crippen molar-refractivity contribution in [2.24, 2.45) is 4.99 Å². The molecule has 4 rings (SSSR count). The van der Waals surface area contributed by atoms with Crippen molar-refractivity contribution in [3.05, 3.63) is 66.3 Å². The summed E-state index contributed by atoms with van der Waals surface area (Å²) < 4.78 is 10.9. The highest BCUT2D eigenvalue weighted by Crippen LogP contribution is 2.38. The summed E-state index contributed by atoms with van der Waals surface area (Å²) in [5.74, 6) is 0.731. The topological polar surface area (TPSA) is 99.2 Å². The summed E-state index contributed by atoms with van der Waals surface area (Å²) in [6, 6.07) is 13.2. The standard InChI is InChI=1S/C24H26N4O4/c1-4-21(30)24(27-19-11-7-8-16(14-29)23(19)32-3)15-26-22(31-2)13-28(24)20-12-25-18-10-6-5-9-17(18)20/h5-13,15,25,27,29H,4,14H2,1-3H3. The highest BCUT2D eigenvalue weighted by atomic mass is 16.5. The maximum Gasteiger partial charge on any atom is 0.229 e. The van der Waals surface area contributed by atoms with Crippen molar-refractivity contribution >= 4 is 34.3 Å². The maximum atomic E-state index is 13.5. The molecule has 8 nitrogen and oxygen atoms in total. The number of anilines is 2. The van der Waals surface area contributed by atoms with Gasteiger partial charge in [0.25, 0.3) is 0 Å². The van der Waals surface area contributed by atoms with E-state index >= 15 is 0 Å². The molecule has 1 aliphatic heterocycles. The molecule has 1 unspecified atom stereocenters. The summed E-state index contributed by atoms with van der Waals surface area (Å²) in [6.45, 7) is 1.62. The summed E-state index contributed by atoms with van der Waals surface area (Å²) in [5, 5.41) is 14.1. The number of ketones is 1. The van der Waals surface area contributed by atoms with Gasteiger partial charge in [-0.25, -0.2) is 4.99 Å². The number of aliphatic hydroxyl groups is 1. The minimum absolute atomic E-state index is 0.102. The van der Waals surface area contributed by atoms with E-state index in [1.165, 1.54) is 14.2 Å². The number of H-pyrrole nitrogens is 1. The van der Waals surface area contributed by atoms with Crippen LogP contribution < -0.4 is 15.0 Å². The molecule has 1 aromatic heterocycles. The lowest BCUT2D eigenvalue weighted by atomic mass is 9.98. The van der Waals surface area contributed by atoms with Crippen molar-refractivity contribution in [3.8, 4) is 5.75 Å². The Balaban J connectivity index is 1.92. The van der Waals surface area contributed by atoms with Gasteiger partial charge in [0.05, 0.1) is 44.6 Å². The highest BCUT2D eigenvalue weighted by Gasteiger charge is 2.45. The molecule has 0 radical (unpaired) electrons. The number of nitrogens with one attached hydrogen (secondary N) is 2. The number of hydrogen-bond donors (Lipinski definition) is 3. The Bertz CT molecular complexity index is 1200. The predicted molar refractivity (Wildman–Crippen MR) is 125 cm³/mol. The molecule has 3 aromatic rings. The largest absolute Gasteiger partial charge is 0.494 e. The zero-order chi connectivity index (χ0) is 22.7. The van der Waals surface area contributed by atoms with E-state index in [4.69, 9.17) is 9.47 Å². The second kappa shape index (κ2) is 8.76. The van der Waals surface area contributed by atoms with Gasteiger partial charge in [-0.15, -0.1) is 0 Å². The number of hydrogen-bond acceptors (Lipinski definition) is 7. The van der Waals surface area contributed by atoms with E-state index in [1.807, 2.05) is 42.3 Å². The molecule has 0 aliphatic carbocycles. The molecule has 0 saturated heterocycles. The van der Waals surface area contributed by atoms with Crippen LogP contribution in [-0.4, -0.2) is 42.0 Å². The number of benzene rings is 2. The molecular weight excluding hydrogens is 408 g/mol. The molecule has 1 atom stereocenters. The van der Waals surface area contributed by atoms with E-state index in [9.17, 15) is 9.90 Å². The van der Waals surface area contributed by atoms with Gasteiger partial charge in [-0.3, -0.25) is 4.79 Å². The monoisotopic (exact) mass is 434 g/mol. The van der Waals surface area contributed by atoms with E-state index in [1.54, 1.807) is 30.6 Å². The molecule has 0 fully saturated rings. The number of carbonyl (C=O) groups excluding carboxylic acids is 1. The van der Waals surface area contributed by atoms with Gasteiger partial charge >= 0.3 is 0 Å². The summed E-state index contributed by atoms with van der Waals surface area (Å²) in [5.41, 5.74) is 1.55. The number of aliphatic hydroxyl groups excluding tert-OH is 1. The van der Waals surface area contributed by atoms with Crippen molar-refractivity contribution in [1.29, 1.82) is 0 Å². The predicted octanol–water partition coefficient (Wildman–Crippen LogP) is 3.79. The fourth-order valence-electron chi connectivity index (χ4n) is 3.98. The average Bonchev–Trinajstić information content (AvgIpc) is 3.27. The van der Waals surface area contributed by atoms with Gasteiger partial charge in [-0.1, -0.05) is 37.3 Å². The third-order valence-electron chi connectivity index (χ3n) is 5.58. The van der Waals surface area contributed by atoms with Gasteiger partial charge in [-0.05, 0) is 12.1 Å². The average molecular weight is 434 g/mol. The van der Waals surface area contributed by atoms with Crippen molar-refractivity contribution in [1.82, 2.24) is 4.98 Å². The number of methoxy groups -OCH3 is 2. The lowest BCUT2D eigenvalue weighted by Gasteiger charge is -2.42. The van der Waals surface area contributed by atoms with Crippen LogP contribution in [0.3, 0.4) is 0 Å². The number of para-hydroxylation sites is 2. The molecule has 8 heteroatoms. The molecule has 2 heterocycles. The lowest BCUT2D eigenvalue weighted by molar-refractivity contribution is -0.120. The van der Waals surface area contributed by atoms with Gasteiger partial charge in [-0.2, -0.15) is 0 Å². The zero-order valence-corrected chi connectivity index (χ0v) is 18.3. The zero-order valence-electron chi connectivity index (χ0n) is 18.3. The summed E-state index contributed by atoms with van der Waals surface area (Å²) in [7, 11) is 3.07. The van der Waals surface area contributed by atoms with Gasteiger partial charge in [0.15, 0.2) is 5.78 Å². The number of aromatic nitrogens is 1. The summed E-state index contributed by atoms with van der Waals surface area (Å²) in [6.07, 6.45) is 5.38. The fraction of sp³-hybridized carbons (Fsp3) is 0.250. The minimum atomic E-state index is -1.34. The van der Waals surface area contributed by atoms with Crippen LogP contribution in [0.5, 0.6) is 5.75 Å². The Hall–Kier alpha value is -3.78. The van der Waals surface area contributed by atoms with Crippen LogP contribution in [-0.2, 0) is 16.1 Å². The molecule has 0 amide bonds. The number of fused-ring (bicyclic) bond motifs is 1. The number of ether oxygens (including phenoxy) is 2. The van der Waals surface area contributed by atoms with Crippen LogP contribution in [0.2, 0.25) is 0 Å². The molecule has 2 aromatic carbocycles. The van der Waals surface area contributed by atoms with Crippen molar-refractivity contribution in [2.45, 2.75) is 25.6 Å². The van der Waals surface area contributed by atoms with E-state index in [0.717, 1.165) is 16.6 Å². The van der Waals surface area contributed by atoms with Gasteiger partial charge in [0.2, 0.25) is 11.5 Å². The molecule has 166 valence electrons. The quantitative estimate of drug-likeness (QED) is 0.499. The molecule has 0 saturated carbocycles. The lowest BCUT2D eigenvalue weighted by Crippen LogP contribution is -2.61. The normalized spacial score (nSPS) is 17.9. The number of aliphatic imine (C=N–C) groups is 1. The third kappa shape index (κ3) is 3.48. The molecular formula is C24H26N4O4. The highest BCUT2D eigenvalue weighted by molar-refractivity contribution is 6.13. The SMILES string of the molecule is CCC(=O)C1(Nc2cccc(CO)c2OC)C=NC(OC)=CN1c1c[nH]c2ccccc12. The van der Waals surface area contributed by atoms with E-state index < -0.39 is 5.66 Å². The van der Waals surface area contributed by atoms with Crippen LogP contribution in [0, 0.1) is 0 Å². The molecule has 0 spiro atoms. The first-order valence-corrected chi connectivity index (χ1v) is 10.3. The van der Waals surface area contributed by atoms with Crippen molar-refractivity contribution < 1.29 is 19.4 Å². The van der Waals surface area contributed by atoms with Crippen molar-refractivity contribution in [2.75, 3.05) is 24.4 Å². The fourth-order valence-corrected chi connectivity index (χ4v) is 3.98. The number of nitrogens with zero attached hydrogens (tertiary/aromatic N) is 2. The van der Waals surface area contributed by atoms with Crippen LogP contribution in [0.15, 0.2) is 65.7 Å². The molecule has 0 bridgehead atoms. The molecule has 3 N–H and O–H groups in total. The Morgan fingerprint density at radius 3 is 2.72 bits per heavy atom. The number of carbonyl (C=O) groups is 1. The van der Waals surface area contributed by atoms with Crippen LogP contribution in [0.4, 0.5) is 11.4 Å². The van der Waals surface area contributed by atoms with Gasteiger partial charge in [0, 0.05) is 29.1 Å². The third-order valence-corrected chi connectivity index (χ3v) is 5.58. The van der Waals surface area contributed by atoms with E-state index in [0.29, 0.717) is 22.9 Å². The second-order valence-electron chi connectivity index (χ2n) is 7.34. The van der Waals surface area contributed by atoms with E-state index in [2.05, 4.69) is 15.3 Å². The Labute approximate surface area is 186 Å². The van der Waals surface area contributed by atoms with Crippen LogP contribution in [0.25, 0.3) is 10.9 Å². The molecule has 1 aliphatic rings. The first-order chi connectivity index (χ1) is 15.6. The Morgan fingerprint density at radius 2 is 2.00 bits per heavy atom. The first-order valence-electron chi connectivity index (χ1n) is 10.3. The van der Waals surface area contributed by atoms with Gasteiger partial charge in [0.1, 0.15) is 5.75 Å². The maximum absolute atomic E-state index is 13.5.